The van der Waals surface area contributed by atoms with Gasteiger partial charge in [0.2, 0.25) is 0 Å². The zero-order chi connectivity index (χ0) is 10.7. The van der Waals surface area contributed by atoms with Gasteiger partial charge in [0.25, 0.3) is 0 Å². The zero-order valence-electron chi connectivity index (χ0n) is 9.37. The highest BCUT2D eigenvalue weighted by Gasteiger charge is 2.12. The molecule has 1 saturated heterocycles. The molecule has 0 atom stereocenters. The third-order valence-corrected chi connectivity index (χ3v) is 3.08. The van der Waals surface area contributed by atoms with Crippen LogP contribution in [-0.2, 0) is 6.54 Å². The second kappa shape index (κ2) is 4.67. The van der Waals surface area contributed by atoms with E-state index in [1.165, 1.54) is 37.9 Å². The Kier molecular flexibility index (Phi) is 3.27. The summed E-state index contributed by atoms with van der Waals surface area (Å²) in [4.78, 5) is 2.43. The molecule has 15 heavy (non-hydrogen) atoms. The van der Waals surface area contributed by atoms with E-state index in [0.29, 0.717) is 5.75 Å². The standard InChI is InChI=1S/C13H19NO/c1-11-5-6-13(15)12(9-11)10-14-7-3-2-4-8-14/h5-6,9,15H,2-4,7-8,10H2,1H3. The Balaban J connectivity index is 2.05. The Labute approximate surface area is 91.5 Å². The molecule has 0 aromatic heterocycles. The van der Waals surface area contributed by atoms with Gasteiger partial charge in [-0.3, -0.25) is 4.90 Å². The van der Waals surface area contributed by atoms with Gasteiger partial charge in [-0.2, -0.15) is 0 Å². The van der Waals surface area contributed by atoms with Crippen LogP contribution >= 0.6 is 0 Å². The molecule has 2 heteroatoms. The van der Waals surface area contributed by atoms with Crippen LogP contribution in [0.3, 0.4) is 0 Å². The van der Waals surface area contributed by atoms with Gasteiger partial charge in [0.15, 0.2) is 0 Å². The fourth-order valence-corrected chi connectivity index (χ4v) is 2.20. The number of rotatable bonds is 2. The highest BCUT2D eigenvalue weighted by molar-refractivity contribution is 5.35. The third kappa shape index (κ3) is 2.72. The van der Waals surface area contributed by atoms with Crippen molar-refractivity contribution < 1.29 is 5.11 Å². The fraction of sp³-hybridized carbons (Fsp3) is 0.538. The average Bonchev–Trinajstić information content (AvgIpc) is 2.25. The maximum atomic E-state index is 9.74. The van der Waals surface area contributed by atoms with Crippen molar-refractivity contribution in [1.82, 2.24) is 4.90 Å². The maximum absolute atomic E-state index is 9.74. The summed E-state index contributed by atoms with van der Waals surface area (Å²) in [6.07, 6.45) is 3.95. The van der Waals surface area contributed by atoms with Crippen LogP contribution in [0, 0.1) is 6.92 Å². The molecule has 1 heterocycles. The molecule has 1 fully saturated rings. The number of hydrogen-bond donors (Lipinski definition) is 1. The van der Waals surface area contributed by atoms with Gasteiger partial charge in [-0.15, -0.1) is 0 Å². The van der Waals surface area contributed by atoms with E-state index in [1.54, 1.807) is 6.07 Å². The van der Waals surface area contributed by atoms with Crippen LogP contribution in [0.15, 0.2) is 18.2 Å². The number of likely N-dealkylation sites (tertiary alicyclic amines) is 1. The lowest BCUT2D eigenvalue weighted by Crippen LogP contribution is -2.29. The van der Waals surface area contributed by atoms with E-state index in [9.17, 15) is 5.11 Å². The first kappa shape index (κ1) is 10.5. The minimum Gasteiger partial charge on any atom is -0.508 e. The number of hydrogen-bond acceptors (Lipinski definition) is 2. The minimum absolute atomic E-state index is 0.436. The molecule has 0 unspecified atom stereocenters. The van der Waals surface area contributed by atoms with E-state index in [4.69, 9.17) is 0 Å². The molecule has 2 nitrogen and oxygen atoms in total. The molecule has 1 aliphatic heterocycles. The van der Waals surface area contributed by atoms with Gasteiger partial charge < -0.3 is 5.11 Å². The molecule has 0 amide bonds. The smallest absolute Gasteiger partial charge is 0.120 e. The highest BCUT2D eigenvalue weighted by Crippen LogP contribution is 2.21. The molecule has 0 saturated carbocycles. The van der Waals surface area contributed by atoms with Crippen LogP contribution in [0.25, 0.3) is 0 Å². The van der Waals surface area contributed by atoms with Gasteiger partial charge in [-0.1, -0.05) is 24.1 Å². The fourth-order valence-electron chi connectivity index (χ4n) is 2.20. The van der Waals surface area contributed by atoms with E-state index in [1.807, 2.05) is 6.07 Å². The van der Waals surface area contributed by atoms with Crippen molar-refractivity contribution in [3.63, 3.8) is 0 Å². The number of aromatic hydroxyl groups is 1. The number of phenolic OH excluding ortho intramolecular Hbond substituents is 1. The van der Waals surface area contributed by atoms with E-state index in [-0.39, 0.29) is 0 Å². The van der Waals surface area contributed by atoms with Crippen molar-refractivity contribution in [2.75, 3.05) is 13.1 Å². The van der Waals surface area contributed by atoms with E-state index >= 15 is 0 Å². The Hall–Kier alpha value is -1.02. The van der Waals surface area contributed by atoms with Crippen molar-refractivity contribution in [2.24, 2.45) is 0 Å². The van der Waals surface area contributed by atoms with Crippen LogP contribution in [0.2, 0.25) is 0 Å². The summed E-state index contributed by atoms with van der Waals surface area (Å²) in [7, 11) is 0. The van der Waals surface area contributed by atoms with Crippen molar-refractivity contribution in [1.29, 1.82) is 0 Å². The van der Waals surface area contributed by atoms with Gasteiger partial charge in [-0.25, -0.2) is 0 Å². The minimum atomic E-state index is 0.436. The number of benzene rings is 1. The molecule has 0 spiro atoms. The molecule has 1 aromatic carbocycles. The lowest BCUT2D eigenvalue weighted by molar-refractivity contribution is 0.218. The predicted octanol–water partition coefficient (Wildman–Crippen LogP) is 2.69. The topological polar surface area (TPSA) is 23.5 Å². The van der Waals surface area contributed by atoms with Crippen LogP contribution in [0.4, 0.5) is 0 Å². The first-order chi connectivity index (χ1) is 7.25. The van der Waals surface area contributed by atoms with Crippen molar-refractivity contribution >= 4 is 0 Å². The van der Waals surface area contributed by atoms with Gasteiger partial charge in [-0.05, 0) is 38.9 Å². The molecule has 1 aromatic rings. The van der Waals surface area contributed by atoms with E-state index < -0.39 is 0 Å². The molecular weight excluding hydrogens is 186 g/mol. The number of aryl methyl sites for hydroxylation is 1. The lowest BCUT2D eigenvalue weighted by atomic mass is 10.1. The number of piperidine rings is 1. The van der Waals surface area contributed by atoms with E-state index in [2.05, 4.69) is 17.9 Å². The summed E-state index contributed by atoms with van der Waals surface area (Å²) in [5, 5.41) is 9.74. The van der Waals surface area contributed by atoms with Crippen molar-refractivity contribution in [2.45, 2.75) is 32.7 Å². The lowest BCUT2D eigenvalue weighted by Gasteiger charge is -2.26. The zero-order valence-corrected chi connectivity index (χ0v) is 9.37. The molecule has 0 bridgehead atoms. The van der Waals surface area contributed by atoms with Crippen LogP contribution in [0.5, 0.6) is 5.75 Å². The molecule has 1 aliphatic rings. The highest BCUT2D eigenvalue weighted by atomic mass is 16.3. The number of phenols is 1. The monoisotopic (exact) mass is 205 g/mol. The van der Waals surface area contributed by atoms with Crippen LogP contribution in [0.1, 0.15) is 30.4 Å². The van der Waals surface area contributed by atoms with Gasteiger partial charge in [0, 0.05) is 12.1 Å². The van der Waals surface area contributed by atoms with Crippen molar-refractivity contribution in [3.8, 4) is 5.75 Å². The van der Waals surface area contributed by atoms with Gasteiger partial charge in [0.1, 0.15) is 5.75 Å². The Morgan fingerprint density at radius 1 is 1.20 bits per heavy atom. The van der Waals surface area contributed by atoms with Crippen molar-refractivity contribution in [3.05, 3.63) is 29.3 Å². The van der Waals surface area contributed by atoms with Gasteiger partial charge >= 0.3 is 0 Å². The summed E-state index contributed by atoms with van der Waals surface area (Å²) < 4.78 is 0. The second-order valence-electron chi connectivity index (χ2n) is 4.47. The Bertz CT molecular complexity index is 329. The van der Waals surface area contributed by atoms with Gasteiger partial charge in [0.05, 0.1) is 0 Å². The normalized spacial score (nSPS) is 17.9. The van der Waals surface area contributed by atoms with Crippen LogP contribution < -0.4 is 0 Å². The summed E-state index contributed by atoms with van der Waals surface area (Å²) in [5.41, 5.74) is 2.29. The third-order valence-electron chi connectivity index (χ3n) is 3.08. The SMILES string of the molecule is Cc1ccc(O)c(CN2CCCCC2)c1. The second-order valence-corrected chi connectivity index (χ2v) is 4.47. The Morgan fingerprint density at radius 2 is 1.93 bits per heavy atom. The largest absolute Gasteiger partial charge is 0.508 e. The molecule has 0 aliphatic carbocycles. The summed E-state index contributed by atoms with van der Waals surface area (Å²) in [5.74, 6) is 0.436. The molecule has 0 radical (unpaired) electrons. The Morgan fingerprint density at radius 3 is 2.67 bits per heavy atom. The molecular formula is C13H19NO. The summed E-state index contributed by atoms with van der Waals surface area (Å²) in [6, 6.07) is 5.84. The summed E-state index contributed by atoms with van der Waals surface area (Å²) >= 11 is 0. The molecule has 2 rings (SSSR count). The van der Waals surface area contributed by atoms with Crippen LogP contribution in [-0.4, -0.2) is 23.1 Å². The number of nitrogens with zero attached hydrogens (tertiary/aromatic N) is 1. The van der Waals surface area contributed by atoms with E-state index in [0.717, 1.165) is 12.1 Å². The maximum Gasteiger partial charge on any atom is 0.120 e. The molecule has 82 valence electrons. The quantitative estimate of drug-likeness (QED) is 0.802. The predicted molar refractivity (Wildman–Crippen MR) is 62.0 cm³/mol. The molecule has 1 N–H and O–H groups in total. The first-order valence-electron chi connectivity index (χ1n) is 5.76. The summed E-state index contributed by atoms with van der Waals surface area (Å²) in [6.45, 7) is 5.31. The average molecular weight is 205 g/mol. The first-order valence-corrected chi connectivity index (χ1v) is 5.76.